The average Bonchev–Trinajstić information content (AvgIpc) is 2.22. The Morgan fingerprint density at radius 1 is 1.38 bits per heavy atom. The van der Waals surface area contributed by atoms with Crippen LogP contribution >= 0.6 is 0 Å². The molecule has 0 aromatic rings. The molecule has 0 aromatic heterocycles. The maximum atomic E-state index is 5.71. The van der Waals surface area contributed by atoms with E-state index in [-0.39, 0.29) is 11.0 Å². The van der Waals surface area contributed by atoms with Crippen molar-refractivity contribution < 1.29 is 9.47 Å². The monoisotopic (exact) mass is 229 g/mol. The predicted octanol–water partition coefficient (Wildman–Crippen LogP) is 2.20. The zero-order valence-electron chi connectivity index (χ0n) is 11.6. The van der Waals surface area contributed by atoms with Crippen LogP contribution in [0, 0.1) is 5.41 Å². The number of nitrogens with one attached hydrogen (secondary N) is 1. The SMILES string of the molecule is CCOC1CC(NCC(C)(C)OC)C1(C)C. The van der Waals surface area contributed by atoms with Crippen molar-refractivity contribution in [1.82, 2.24) is 5.32 Å². The summed E-state index contributed by atoms with van der Waals surface area (Å²) in [6.45, 7) is 12.5. The van der Waals surface area contributed by atoms with Crippen LogP contribution in [0.4, 0.5) is 0 Å². The quantitative estimate of drug-likeness (QED) is 0.757. The van der Waals surface area contributed by atoms with Crippen LogP contribution in [0.25, 0.3) is 0 Å². The van der Waals surface area contributed by atoms with Crippen molar-refractivity contribution >= 4 is 0 Å². The molecule has 0 amide bonds. The van der Waals surface area contributed by atoms with Gasteiger partial charge in [0.1, 0.15) is 0 Å². The maximum absolute atomic E-state index is 5.71. The Kier molecular flexibility index (Phi) is 4.38. The Balaban J connectivity index is 2.36. The number of ether oxygens (including phenoxy) is 2. The van der Waals surface area contributed by atoms with Gasteiger partial charge in [0.05, 0.1) is 11.7 Å². The molecule has 16 heavy (non-hydrogen) atoms. The fourth-order valence-electron chi connectivity index (χ4n) is 2.16. The minimum atomic E-state index is -0.0905. The minimum Gasteiger partial charge on any atom is -0.378 e. The topological polar surface area (TPSA) is 30.5 Å². The first-order valence-corrected chi connectivity index (χ1v) is 6.23. The second-order valence-electron chi connectivity index (χ2n) is 5.90. The first-order chi connectivity index (χ1) is 7.33. The van der Waals surface area contributed by atoms with Crippen molar-refractivity contribution in [2.24, 2.45) is 5.41 Å². The molecule has 1 aliphatic carbocycles. The molecule has 1 fully saturated rings. The van der Waals surface area contributed by atoms with E-state index in [1.807, 2.05) is 0 Å². The van der Waals surface area contributed by atoms with E-state index in [1.165, 1.54) is 0 Å². The van der Waals surface area contributed by atoms with E-state index < -0.39 is 0 Å². The summed E-state index contributed by atoms with van der Waals surface area (Å²) in [4.78, 5) is 0. The molecule has 1 rings (SSSR count). The van der Waals surface area contributed by atoms with Crippen LogP contribution in [0.3, 0.4) is 0 Å². The van der Waals surface area contributed by atoms with Crippen LogP contribution in [-0.4, -0.2) is 38.0 Å². The number of rotatable bonds is 6. The van der Waals surface area contributed by atoms with Gasteiger partial charge in [-0.2, -0.15) is 0 Å². The summed E-state index contributed by atoms with van der Waals surface area (Å²) in [5, 5.41) is 3.58. The van der Waals surface area contributed by atoms with Crippen LogP contribution in [-0.2, 0) is 9.47 Å². The summed E-state index contributed by atoms with van der Waals surface area (Å²) >= 11 is 0. The van der Waals surface area contributed by atoms with Gasteiger partial charge in [-0.25, -0.2) is 0 Å². The van der Waals surface area contributed by atoms with Crippen LogP contribution in [0.1, 0.15) is 41.0 Å². The largest absolute Gasteiger partial charge is 0.378 e. The molecule has 1 N–H and O–H groups in total. The van der Waals surface area contributed by atoms with E-state index in [4.69, 9.17) is 9.47 Å². The molecular formula is C13H27NO2. The zero-order chi connectivity index (χ0) is 12.4. The van der Waals surface area contributed by atoms with Gasteiger partial charge in [0.15, 0.2) is 0 Å². The lowest BCUT2D eigenvalue weighted by molar-refractivity contribution is -0.118. The standard InChI is InChI=1S/C13H27NO2/c1-7-16-11-8-10(13(11,4)5)14-9-12(2,3)15-6/h10-11,14H,7-9H2,1-6H3. The van der Waals surface area contributed by atoms with Gasteiger partial charge < -0.3 is 14.8 Å². The lowest BCUT2D eigenvalue weighted by atomic mass is 9.64. The highest BCUT2D eigenvalue weighted by atomic mass is 16.5. The van der Waals surface area contributed by atoms with Gasteiger partial charge in [-0.15, -0.1) is 0 Å². The summed E-state index contributed by atoms with van der Waals surface area (Å²) < 4.78 is 11.1. The van der Waals surface area contributed by atoms with Gasteiger partial charge >= 0.3 is 0 Å². The highest BCUT2D eigenvalue weighted by Gasteiger charge is 2.48. The fraction of sp³-hybridized carbons (Fsp3) is 1.00. The van der Waals surface area contributed by atoms with Crippen LogP contribution in [0.15, 0.2) is 0 Å². The molecule has 0 bridgehead atoms. The number of hydrogen-bond acceptors (Lipinski definition) is 3. The van der Waals surface area contributed by atoms with Crippen molar-refractivity contribution in [2.45, 2.75) is 58.8 Å². The molecule has 96 valence electrons. The van der Waals surface area contributed by atoms with E-state index in [1.54, 1.807) is 7.11 Å². The van der Waals surface area contributed by atoms with Gasteiger partial charge in [0.25, 0.3) is 0 Å². The van der Waals surface area contributed by atoms with Gasteiger partial charge in [-0.1, -0.05) is 13.8 Å². The Labute approximate surface area is 99.9 Å². The molecule has 1 aliphatic rings. The van der Waals surface area contributed by atoms with Gasteiger partial charge in [-0.05, 0) is 27.2 Å². The highest BCUT2D eigenvalue weighted by molar-refractivity contribution is 5.03. The summed E-state index contributed by atoms with van der Waals surface area (Å²) in [5.74, 6) is 0. The van der Waals surface area contributed by atoms with Gasteiger partial charge in [0, 0.05) is 31.7 Å². The Hall–Kier alpha value is -0.120. The van der Waals surface area contributed by atoms with Crippen LogP contribution in [0.5, 0.6) is 0 Å². The molecule has 0 aliphatic heterocycles. The third-order valence-electron chi connectivity index (χ3n) is 3.87. The number of hydrogen-bond donors (Lipinski definition) is 1. The molecule has 0 aromatic carbocycles. The molecule has 2 atom stereocenters. The van der Waals surface area contributed by atoms with Crippen molar-refractivity contribution in [3.63, 3.8) is 0 Å². The third-order valence-corrected chi connectivity index (χ3v) is 3.87. The summed E-state index contributed by atoms with van der Waals surface area (Å²) in [7, 11) is 1.76. The summed E-state index contributed by atoms with van der Waals surface area (Å²) in [6.07, 6.45) is 1.52. The molecule has 3 nitrogen and oxygen atoms in total. The van der Waals surface area contributed by atoms with Gasteiger partial charge in [-0.3, -0.25) is 0 Å². The smallest absolute Gasteiger partial charge is 0.0746 e. The lowest BCUT2D eigenvalue weighted by Crippen LogP contribution is -2.62. The summed E-state index contributed by atoms with van der Waals surface area (Å²) in [6, 6.07) is 0.540. The minimum absolute atomic E-state index is 0.0905. The maximum Gasteiger partial charge on any atom is 0.0746 e. The second-order valence-corrected chi connectivity index (χ2v) is 5.90. The van der Waals surface area contributed by atoms with Gasteiger partial charge in [0.2, 0.25) is 0 Å². The van der Waals surface area contributed by atoms with E-state index in [2.05, 4.69) is 39.9 Å². The fourth-order valence-corrected chi connectivity index (χ4v) is 2.16. The lowest BCUT2D eigenvalue weighted by Gasteiger charge is -2.52. The first kappa shape index (κ1) is 13.9. The molecule has 0 heterocycles. The Morgan fingerprint density at radius 3 is 2.44 bits per heavy atom. The van der Waals surface area contributed by atoms with Crippen LogP contribution < -0.4 is 5.32 Å². The number of methoxy groups -OCH3 is 1. The third kappa shape index (κ3) is 2.96. The zero-order valence-corrected chi connectivity index (χ0v) is 11.6. The summed E-state index contributed by atoms with van der Waals surface area (Å²) in [5.41, 5.74) is 0.145. The van der Waals surface area contributed by atoms with Crippen molar-refractivity contribution in [3.8, 4) is 0 Å². The first-order valence-electron chi connectivity index (χ1n) is 6.23. The molecule has 0 saturated heterocycles. The average molecular weight is 229 g/mol. The van der Waals surface area contributed by atoms with Crippen molar-refractivity contribution in [3.05, 3.63) is 0 Å². The molecule has 3 heteroatoms. The normalized spacial score (nSPS) is 28.9. The molecular weight excluding hydrogens is 202 g/mol. The van der Waals surface area contributed by atoms with Crippen molar-refractivity contribution in [1.29, 1.82) is 0 Å². The molecule has 1 saturated carbocycles. The van der Waals surface area contributed by atoms with E-state index in [0.717, 1.165) is 19.6 Å². The van der Waals surface area contributed by atoms with E-state index >= 15 is 0 Å². The molecule has 0 radical (unpaired) electrons. The highest BCUT2D eigenvalue weighted by Crippen LogP contribution is 2.42. The molecule has 0 spiro atoms. The Morgan fingerprint density at radius 2 is 2.00 bits per heavy atom. The second kappa shape index (κ2) is 5.03. The van der Waals surface area contributed by atoms with Crippen molar-refractivity contribution in [2.75, 3.05) is 20.3 Å². The van der Waals surface area contributed by atoms with E-state index in [0.29, 0.717) is 12.1 Å². The van der Waals surface area contributed by atoms with Crippen LogP contribution in [0.2, 0.25) is 0 Å². The van der Waals surface area contributed by atoms with E-state index in [9.17, 15) is 0 Å². The Bertz CT molecular complexity index is 226. The molecule has 2 unspecified atom stereocenters. The predicted molar refractivity (Wildman–Crippen MR) is 66.7 cm³/mol.